The summed E-state index contributed by atoms with van der Waals surface area (Å²) in [6, 6.07) is 6.40. The smallest absolute Gasteiger partial charge is 0.106 e. The molecule has 1 aromatic carbocycles. The first-order valence-electron chi connectivity index (χ1n) is 6.21. The maximum absolute atomic E-state index is 8.86. The first-order valence-corrected chi connectivity index (χ1v) is 6.21. The molecule has 18 heavy (non-hydrogen) atoms. The summed E-state index contributed by atoms with van der Waals surface area (Å²) in [6.45, 7) is 7.08. The van der Waals surface area contributed by atoms with E-state index in [1.165, 1.54) is 5.56 Å². The third-order valence-corrected chi connectivity index (χ3v) is 3.56. The molecule has 2 rings (SSSR count). The first kappa shape index (κ1) is 13.1. The Morgan fingerprint density at radius 1 is 1.39 bits per heavy atom. The summed E-state index contributed by atoms with van der Waals surface area (Å²) in [5.74, 6) is 1.02. The van der Waals surface area contributed by atoms with E-state index >= 15 is 0 Å². The molecule has 0 aliphatic rings. The predicted octanol–water partition coefficient (Wildman–Crippen LogP) is 1.70. The molecule has 0 saturated heterocycles. The van der Waals surface area contributed by atoms with E-state index in [1.54, 1.807) is 0 Å². The van der Waals surface area contributed by atoms with Crippen LogP contribution in [0.2, 0.25) is 0 Å². The van der Waals surface area contributed by atoms with Crippen molar-refractivity contribution in [3.05, 3.63) is 29.6 Å². The fraction of sp³-hybridized carbons (Fsp3) is 0.500. The summed E-state index contributed by atoms with van der Waals surface area (Å²) in [4.78, 5) is 4.56. The predicted molar refractivity (Wildman–Crippen MR) is 73.6 cm³/mol. The van der Waals surface area contributed by atoms with E-state index in [9.17, 15) is 0 Å². The van der Waals surface area contributed by atoms with Gasteiger partial charge in [-0.2, -0.15) is 0 Å². The quantitative estimate of drug-likeness (QED) is 0.809. The molecule has 0 unspecified atom stereocenters. The van der Waals surface area contributed by atoms with E-state index in [0.29, 0.717) is 0 Å². The van der Waals surface area contributed by atoms with Gasteiger partial charge in [0.2, 0.25) is 0 Å². The molecule has 0 bridgehead atoms. The van der Waals surface area contributed by atoms with Crippen LogP contribution in [-0.4, -0.2) is 27.9 Å². The van der Waals surface area contributed by atoms with Gasteiger partial charge in [-0.3, -0.25) is 5.32 Å². The number of nitrogens with zero attached hydrogens (tertiary/aromatic N) is 2. The van der Waals surface area contributed by atoms with E-state index < -0.39 is 0 Å². The van der Waals surface area contributed by atoms with E-state index in [1.807, 2.05) is 14.0 Å². The zero-order valence-corrected chi connectivity index (χ0v) is 11.5. The normalized spacial score (nSPS) is 12.3. The van der Waals surface area contributed by atoms with Gasteiger partial charge in [0, 0.05) is 19.0 Å². The molecule has 0 radical (unpaired) electrons. The highest BCUT2D eigenvalue weighted by molar-refractivity contribution is 5.77. The average Bonchev–Trinajstić information content (AvgIpc) is 2.62. The minimum absolute atomic E-state index is 0.00830. The van der Waals surface area contributed by atoms with Crippen LogP contribution in [0.25, 0.3) is 11.0 Å². The van der Waals surface area contributed by atoms with Gasteiger partial charge in [0.1, 0.15) is 5.82 Å². The third-order valence-electron chi connectivity index (χ3n) is 3.56. The summed E-state index contributed by atoms with van der Waals surface area (Å²) in [6.07, 6.45) is 0. The van der Waals surface area contributed by atoms with Gasteiger partial charge in [0.25, 0.3) is 0 Å². The van der Waals surface area contributed by atoms with Gasteiger partial charge in [-0.15, -0.1) is 0 Å². The van der Waals surface area contributed by atoms with Crippen molar-refractivity contribution >= 4 is 11.0 Å². The molecule has 2 N–H and O–H groups in total. The van der Waals surface area contributed by atoms with E-state index in [-0.39, 0.29) is 12.1 Å². The lowest BCUT2D eigenvalue weighted by Crippen LogP contribution is -2.33. The number of hydrogen-bond donors (Lipinski definition) is 2. The molecule has 0 fully saturated rings. The molecule has 0 saturated carbocycles. The Balaban J connectivity index is 2.40. The van der Waals surface area contributed by atoms with Crippen LogP contribution in [0.3, 0.4) is 0 Å². The van der Waals surface area contributed by atoms with Crippen LogP contribution < -0.4 is 5.32 Å². The highest BCUT2D eigenvalue weighted by Crippen LogP contribution is 2.26. The number of aliphatic hydroxyl groups excluding tert-OH is 1. The number of aromatic nitrogens is 2. The minimum atomic E-state index is -0.0255. The molecule has 4 heteroatoms. The van der Waals surface area contributed by atoms with E-state index in [4.69, 9.17) is 5.11 Å². The Hall–Kier alpha value is -1.39. The Morgan fingerprint density at radius 3 is 2.78 bits per heavy atom. The molecule has 0 aliphatic carbocycles. The van der Waals surface area contributed by atoms with Crippen LogP contribution in [0.1, 0.15) is 25.2 Å². The number of fused-ring (bicyclic) bond motifs is 1. The summed E-state index contributed by atoms with van der Waals surface area (Å²) >= 11 is 0. The molecule has 98 valence electrons. The van der Waals surface area contributed by atoms with Gasteiger partial charge in [-0.05, 0) is 24.6 Å². The van der Waals surface area contributed by atoms with Crippen molar-refractivity contribution < 1.29 is 5.11 Å². The number of rotatable bonds is 4. The number of benzene rings is 1. The fourth-order valence-corrected chi connectivity index (χ4v) is 2.21. The van der Waals surface area contributed by atoms with Gasteiger partial charge >= 0.3 is 0 Å². The van der Waals surface area contributed by atoms with Crippen molar-refractivity contribution in [3.63, 3.8) is 0 Å². The van der Waals surface area contributed by atoms with Crippen molar-refractivity contribution in [2.75, 3.05) is 13.3 Å². The number of nitrogens with one attached hydrogen (secondary N) is 1. The van der Waals surface area contributed by atoms with Gasteiger partial charge < -0.3 is 9.67 Å². The summed E-state index contributed by atoms with van der Waals surface area (Å²) in [5.41, 5.74) is 3.39. The second-order valence-corrected chi connectivity index (χ2v) is 5.39. The zero-order chi connectivity index (χ0) is 13.3. The van der Waals surface area contributed by atoms with Gasteiger partial charge in [0.05, 0.1) is 17.8 Å². The van der Waals surface area contributed by atoms with Crippen LogP contribution in [0.5, 0.6) is 0 Å². The van der Waals surface area contributed by atoms with Crippen molar-refractivity contribution in [1.29, 1.82) is 0 Å². The van der Waals surface area contributed by atoms with Gasteiger partial charge in [0.15, 0.2) is 0 Å². The summed E-state index contributed by atoms with van der Waals surface area (Å²) in [7, 11) is 2.03. The van der Waals surface area contributed by atoms with Crippen molar-refractivity contribution in [3.8, 4) is 0 Å². The monoisotopic (exact) mass is 247 g/mol. The summed E-state index contributed by atoms with van der Waals surface area (Å²) < 4.78 is 2.10. The van der Waals surface area contributed by atoms with Crippen LogP contribution in [0, 0.1) is 6.92 Å². The molecule has 0 amide bonds. The molecular formula is C14H21N3O. The second kappa shape index (κ2) is 4.71. The standard InChI is InChI=1S/C14H21N3O/c1-10-16-12-7-11(5-6-13(12)17(10)4)14(2,3)8-15-9-18/h5-7,15,18H,8-9H2,1-4H3. The lowest BCUT2D eigenvalue weighted by atomic mass is 9.84. The van der Waals surface area contributed by atoms with Crippen molar-refractivity contribution in [2.45, 2.75) is 26.2 Å². The Bertz CT molecular complexity index is 557. The van der Waals surface area contributed by atoms with Crippen molar-refractivity contribution in [1.82, 2.24) is 14.9 Å². The number of aryl methyl sites for hydroxylation is 2. The van der Waals surface area contributed by atoms with Crippen molar-refractivity contribution in [2.24, 2.45) is 7.05 Å². The molecule has 4 nitrogen and oxygen atoms in total. The zero-order valence-electron chi connectivity index (χ0n) is 11.5. The number of aliphatic hydroxyl groups is 1. The SMILES string of the molecule is Cc1nc2cc(C(C)(C)CNCO)ccc2n1C. The summed E-state index contributed by atoms with van der Waals surface area (Å²) in [5, 5.41) is 11.8. The lowest BCUT2D eigenvalue weighted by molar-refractivity contribution is 0.248. The van der Waals surface area contributed by atoms with Gasteiger partial charge in [-0.1, -0.05) is 19.9 Å². The largest absolute Gasteiger partial charge is 0.381 e. The Kier molecular flexibility index (Phi) is 3.41. The first-order chi connectivity index (χ1) is 8.45. The maximum atomic E-state index is 8.86. The Morgan fingerprint density at radius 2 is 2.11 bits per heavy atom. The molecule has 1 aromatic heterocycles. The van der Waals surface area contributed by atoms with Crippen LogP contribution in [0.15, 0.2) is 18.2 Å². The van der Waals surface area contributed by atoms with Crippen LogP contribution in [-0.2, 0) is 12.5 Å². The molecule has 1 heterocycles. The fourth-order valence-electron chi connectivity index (χ4n) is 2.21. The average molecular weight is 247 g/mol. The minimum Gasteiger partial charge on any atom is -0.381 e. The second-order valence-electron chi connectivity index (χ2n) is 5.39. The lowest BCUT2D eigenvalue weighted by Gasteiger charge is -2.25. The highest BCUT2D eigenvalue weighted by atomic mass is 16.3. The topological polar surface area (TPSA) is 50.1 Å². The van der Waals surface area contributed by atoms with Crippen LogP contribution in [0.4, 0.5) is 0 Å². The highest BCUT2D eigenvalue weighted by Gasteiger charge is 2.21. The molecular weight excluding hydrogens is 226 g/mol. The van der Waals surface area contributed by atoms with Crippen LogP contribution >= 0.6 is 0 Å². The molecule has 0 atom stereocenters. The number of imidazole rings is 1. The Labute approximate surface area is 108 Å². The van der Waals surface area contributed by atoms with Gasteiger partial charge in [-0.25, -0.2) is 4.98 Å². The van der Waals surface area contributed by atoms with E-state index in [0.717, 1.165) is 23.4 Å². The van der Waals surface area contributed by atoms with E-state index in [2.05, 4.69) is 46.9 Å². The molecule has 0 aliphatic heterocycles. The third kappa shape index (κ3) is 2.26. The maximum Gasteiger partial charge on any atom is 0.106 e. The molecule has 0 spiro atoms. The molecule has 2 aromatic rings. The number of hydrogen-bond acceptors (Lipinski definition) is 3.